The largest absolute Gasteiger partial charge is 0.350 e. The molecule has 1 aromatic heterocycles. The highest BCUT2D eigenvalue weighted by molar-refractivity contribution is 5.93. The Hall–Kier alpha value is -1.69. The van der Waals surface area contributed by atoms with E-state index < -0.39 is 0 Å². The topological polar surface area (TPSA) is 61.4 Å². The summed E-state index contributed by atoms with van der Waals surface area (Å²) in [7, 11) is 0. The summed E-state index contributed by atoms with van der Waals surface area (Å²) in [6.07, 6.45) is 4.14. The second kappa shape index (κ2) is 7.36. The Labute approximate surface area is 126 Å². The summed E-state index contributed by atoms with van der Waals surface area (Å²) in [5.41, 5.74) is 0.520. The molecule has 0 bridgehead atoms. The van der Waals surface area contributed by atoms with Gasteiger partial charge in [-0.15, -0.1) is 0 Å². The lowest BCUT2D eigenvalue weighted by Crippen LogP contribution is -2.46. The molecule has 1 aliphatic rings. The van der Waals surface area contributed by atoms with Crippen molar-refractivity contribution in [1.82, 2.24) is 20.2 Å². The van der Waals surface area contributed by atoms with E-state index in [4.69, 9.17) is 0 Å². The van der Waals surface area contributed by atoms with Gasteiger partial charge in [0.2, 0.25) is 5.95 Å². The Balaban J connectivity index is 1.94. The highest BCUT2D eigenvalue weighted by atomic mass is 16.1. The number of rotatable bonds is 5. The Morgan fingerprint density at radius 1 is 1.24 bits per heavy atom. The van der Waals surface area contributed by atoms with Crippen molar-refractivity contribution in [2.75, 3.05) is 37.6 Å². The van der Waals surface area contributed by atoms with Crippen LogP contribution in [0, 0.1) is 0 Å². The van der Waals surface area contributed by atoms with Crippen LogP contribution in [0.1, 0.15) is 37.6 Å². The molecular weight excluding hydrogens is 266 g/mol. The van der Waals surface area contributed by atoms with Crippen molar-refractivity contribution in [2.24, 2.45) is 0 Å². The molecule has 1 saturated heterocycles. The molecule has 116 valence electrons. The molecule has 21 heavy (non-hydrogen) atoms. The molecule has 1 unspecified atom stereocenters. The maximum atomic E-state index is 12.0. The average Bonchev–Trinajstić information content (AvgIpc) is 2.55. The number of piperazine rings is 1. The van der Waals surface area contributed by atoms with Crippen molar-refractivity contribution in [2.45, 2.75) is 33.2 Å². The fourth-order valence-electron chi connectivity index (χ4n) is 2.28. The predicted octanol–water partition coefficient (Wildman–Crippen LogP) is 1.15. The summed E-state index contributed by atoms with van der Waals surface area (Å²) in [6.45, 7) is 11.2. The zero-order chi connectivity index (χ0) is 15.2. The second-order valence-corrected chi connectivity index (χ2v) is 5.48. The summed E-state index contributed by atoms with van der Waals surface area (Å²) < 4.78 is 0. The third-order valence-electron chi connectivity index (χ3n) is 3.99. The Morgan fingerprint density at radius 2 is 1.86 bits per heavy atom. The van der Waals surface area contributed by atoms with Crippen molar-refractivity contribution in [3.05, 3.63) is 18.0 Å². The van der Waals surface area contributed by atoms with E-state index in [-0.39, 0.29) is 11.9 Å². The van der Waals surface area contributed by atoms with Gasteiger partial charge in [0.1, 0.15) is 0 Å². The minimum absolute atomic E-state index is 0.105. The number of carbonyl (C=O) groups is 1. The molecule has 0 aromatic carbocycles. The van der Waals surface area contributed by atoms with Crippen LogP contribution in [-0.4, -0.2) is 59.5 Å². The lowest BCUT2D eigenvalue weighted by atomic mass is 10.2. The molecule has 1 fully saturated rings. The number of aromatic nitrogens is 2. The van der Waals surface area contributed by atoms with Gasteiger partial charge in [0.25, 0.3) is 5.91 Å². The highest BCUT2D eigenvalue weighted by Gasteiger charge is 2.18. The van der Waals surface area contributed by atoms with Crippen LogP contribution in [0.15, 0.2) is 12.4 Å². The molecule has 2 heterocycles. The van der Waals surface area contributed by atoms with Crippen LogP contribution in [0.5, 0.6) is 0 Å². The standard InChI is InChI=1S/C15H25N5O/c1-4-12(3)18-14(21)13-10-16-15(17-11-13)20-8-6-19(5-2)7-9-20/h10-12H,4-9H2,1-3H3,(H,18,21). The number of nitrogens with one attached hydrogen (secondary N) is 1. The number of hydrogen-bond donors (Lipinski definition) is 1. The van der Waals surface area contributed by atoms with E-state index in [1.807, 2.05) is 13.8 Å². The maximum Gasteiger partial charge on any atom is 0.254 e. The van der Waals surface area contributed by atoms with Gasteiger partial charge in [-0.3, -0.25) is 4.79 Å². The van der Waals surface area contributed by atoms with Gasteiger partial charge in [0.15, 0.2) is 0 Å². The first kappa shape index (κ1) is 15.7. The van der Waals surface area contributed by atoms with Gasteiger partial charge in [-0.1, -0.05) is 13.8 Å². The van der Waals surface area contributed by atoms with E-state index in [2.05, 4.69) is 32.0 Å². The summed E-state index contributed by atoms with van der Waals surface area (Å²) in [5, 5.41) is 2.92. The van der Waals surface area contributed by atoms with Gasteiger partial charge in [-0.2, -0.15) is 0 Å². The quantitative estimate of drug-likeness (QED) is 0.881. The number of amides is 1. The summed E-state index contributed by atoms with van der Waals surface area (Å²) in [6, 6.07) is 0.166. The molecule has 0 radical (unpaired) electrons. The third kappa shape index (κ3) is 4.14. The molecule has 0 saturated carbocycles. The van der Waals surface area contributed by atoms with Crippen molar-refractivity contribution in [3.63, 3.8) is 0 Å². The minimum Gasteiger partial charge on any atom is -0.350 e. The van der Waals surface area contributed by atoms with Crippen LogP contribution >= 0.6 is 0 Å². The average molecular weight is 291 g/mol. The van der Waals surface area contributed by atoms with E-state index in [0.717, 1.165) is 39.1 Å². The number of likely N-dealkylation sites (N-methyl/N-ethyl adjacent to an activating group) is 1. The molecule has 1 aromatic rings. The van der Waals surface area contributed by atoms with Crippen LogP contribution in [0.25, 0.3) is 0 Å². The number of anilines is 1. The normalized spacial score (nSPS) is 17.6. The van der Waals surface area contributed by atoms with Crippen molar-refractivity contribution in [3.8, 4) is 0 Å². The fourth-order valence-corrected chi connectivity index (χ4v) is 2.28. The molecule has 0 aliphatic carbocycles. The molecular formula is C15H25N5O. The molecule has 1 N–H and O–H groups in total. The molecule has 0 spiro atoms. The number of carbonyl (C=O) groups excluding carboxylic acids is 1. The third-order valence-corrected chi connectivity index (χ3v) is 3.99. The van der Waals surface area contributed by atoms with Crippen LogP contribution in [0.2, 0.25) is 0 Å². The van der Waals surface area contributed by atoms with Gasteiger partial charge < -0.3 is 15.1 Å². The molecule has 1 amide bonds. The van der Waals surface area contributed by atoms with Crippen LogP contribution < -0.4 is 10.2 Å². The first-order valence-corrected chi connectivity index (χ1v) is 7.74. The molecule has 1 aliphatic heterocycles. The smallest absolute Gasteiger partial charge is 0.254 e. The van der Waals surface area contributed by atoms with Crippen LogP contribution in [0.3, 0.4) is 0 Å². The SMILES string of the molecule is CCC(C)NC(=O)c1cnc(N2CCN(CC)CC2)nc1. The Bertz CT molecular complexity index is 454. The first-order chi connectivity index (χ1) is 10.1. The second-order valence-electron chi connectivity index (χ2n) is 5.48. The summed E-state index contributed by atoms with van der Waals surface area (Å²) in [4.78, 5) is 25.2. The summed E-state index contributed by atoms with van der Waals surface area (Å²) in [5.74, 6) is 0.609. The van der Waals surface area contributed by atoms with E-state index >= 15 is 0 Å². The first-order valence-electron chi connectivity index (χ1n) is 7.74. The highest BCUT2D eigenvalue weighted by Crippen LogP contribution is 2.10. The van der Waals surface area contributed by atoms with Gasteiger partial charge in [-0.05, 0) is 19.9 Å². The fraction of sp³-hybridized carbons (Fsp3) is 0.667. The number of nitrogens with zero attached hydrogens (tertiary/aromatic N) is 4. The Kier molecular flexibility index (Phi) is 5.50. The van der Waals surface area contributed by atoms with Gasteiger partial charge in [-0.25, -0.2) is 9.97 Å². The van der Waals surface area contributed by atoms with Gasteiger partial charge in [0, 0.05) is 44.6 Å². The zero-order valence-corrected chi connectivity index (χ0v) is 13.2. The van der Waals surface area contributed by atoms with Crippen molar-refractivity contribution in [1.29, 1.82) is 0 Å². The van der Waals surface area contributed by atoms with E-state index in [1.54, 1.807) is 12.4 Å². The van der Waals surface area contributed by atoms with Crippen LogP contribution in [0.4, 0.5) is 5.95 Å². The summed E-state index contributed by atoms with van der Waals surface area (Å²) >= 11 is 0. The molecule has 6 nitrogen and oxygen atoms in total. The van der Waals surface area contributed by atoms with Gasteiger partial charge in [0.05, 0.1) is 5.56 Å². The van der Waals surface area contributed by atoms with E-state index in [9.17, 15) is 4.79 Å². The lowest BCUT2D eigenvalue weighted by molar-refractivity contribution is 0.0938. The lowest BCUT2D eigenvalue weighted by Gasteiger charge is -2.33. The molecule has 6 heteroatoms. The molecule has 1 atom stereocenters. The molecule has 2 rings (SSSR count). The van der Waals surface area contributed by atoms with E-state index in [1.165, 1.54) is 0 Å². The van der Waals surface area contributed by atoms with Crippen molar-refractivity contribution < 1.29 is 4.79 Å². The van der Waals surface area contributed by atoms with E-state index in [0.29, 0.717) is 11.5 Å². The minimum atomic E-state index is -0.105. The Morgan fingerprint density at radius 3 is 2.38 bits per heavy atom. The predicted molar refractivity (Wildman–Crippen MR) is 83.6 cm³/mol. The van der Waals surface area contributed by atoms with Gasteiger partial charge >= 0.3 is 0 Å². The monoisotopic (exact) mass is 291 g/mol. The van der Waals surface area contributed by atoms with Crippen molar-refractivity contribution >= 4 is 11.9 Å². The van der Waals surface area contributed by atoms with Crippen LogP contribution in [-0.2, 0) is 0 Å². The zero-order valence-electron chi connectivity index (χ0n) is 13.2. The maximum absolute atomic E-state index is 12.0. The number of hydrogen-bond acceptors (Lipinski definition) is 5.